The molecule has 0 atom stereocenters. The fourth-order valence-corrected chi connectivity index (χ4v) is 9.80. The first-order valence-electron chi connectivity index (χ1n) is 19.2. The van der Waals surface area contributed by atoms with Gasteiger partial charge in [-0.05, 0) is 82.2 Å². The number of furan rings is 2. The molecule has 13 aromatic rings. The summed E-state index contributed by atoms with van der Waals surface area (Å²) < 4.78 is 17.3. The van der Waals surface area contributed by atoms with Crippen LogP contribution >= 0.6 is 0 Å². The average molecular weight is 739 g/mol. The number of benzene rings is 9. The summed E-state index contributed by atoms with van der Waals surface area (Å²) in [4.78, 5) is 4.18. The summed E-state index contributed by atoms with van der Waals surface area (Å²) in [5, 5.41) is 24.0. The van der Waals surface area contributed by atoms with Gasteiger partial charge in [-0.15, -0.1) is 0 Å². The van der Waals surface area contributed by atoms with E-state index in [-0.39, 0.29) is 0 Å². The summed E-state index contributed by atoms with van der Waals surface area (Å²) in [6.07, 6.45) is 0. The molecule has 0 saturated carbocycles. The Morgan fingerprint density at radius 1 is 0.431 bits per heavy atom. The predicted octanol–water partition coefficient (Wildman–Crippen LogP) is 14.4. The summed E-state index contributed by atoms with van der Waals surface area (Å²) in [6, 6.07) is 56.2. The van der Waals surface area contributed by atoms with Gasteiger partial charge in [0.1, 0.15) is 28.4 Å². The van der Waals surface area contributed by atoms with E-state index < -0.39 is 0 Å². The molecule has 0 spiro atoms. The van der Waals surface area contributed by atoms with Gasteiger partial charge < -0.3 is 18.0 Å². The quantitative estimate of drug-likeness (QED) is 0.166. The molecule has 0 aliphatic rings. The zero-order valence-corrected chi connectivity index (χ0v) is 30.6. The van der Waals surface area contributed by atoms with Crippen molar-refractivity contribution >= 4 is 115 Å². The Morgan fingerprint density at radius 2 is 0.879 bits per heavy atom. The van der Waals surface area contributed by atoms with Gasteiger partial charge in [-0.2, -0.15) is 5.26 Å². The van der Waals surface area contributed by atoms with Crippen molar-refractivity contribution in [3.63, 3.8) is 0 Å². The number of aromatic nitrogens is 2. The molecule has 0 bridgehead atoms. The molecule has 0 amide bonds. The maximum absolute atomic E-state index is 11.0. The van der Waals surface area contributed by atoms with E-state index in [1.165, 1.54) is 0 Å². The van der Waals surface area contributed by atoms with Crippen molar-refractivity contribution in [2.45, 2.75) is 0 Å². The minimum Gasteiger partial charge on any atom is -0.456 e. The number of para-hydroxylation sites is 2. The zero-order valence-electron chi connectivity index (χ0n) is 30.6. The lowest BCUT2D eigenvalue weighted by molar-refractivity contribution is 0.669. The van der Waals surface area contributed by atoms with Crippen LogP contribution in [0.2, 0.25) is 0 Å². The van der Waals surface area contributed by atoms with E-state index in [1.807, 2.05) is 42.5 Å². The fourth-order valence-electron chi connectivity index (χ4n) is 9.80. The Balaban J connectivity index is 1.13. The van der Waals surface area contributed by atoms with Crippen LogP contribution in [0.25, 0.3) is 125 Å². The first kappa shape index (κ1) is 30.9. The van der Waals surface area contributed by atoms with E-state index in [1.54, 1.807) is 0 Å². The van der Waals surface area contributed by atoms with Crippen LogP contribution in [0.1, 0.15) is 5.56 Å². The van der Waals surface area contributed by atoms with Gasteiger partial charge in [0.05, 0.1) is 45.6 Å². The first-order valence-corrected chi connectivity index (χ1v) is 19.2. The molecule has 0 saturated heterocycles. The molecule has 0 aliphatic carbocycles. The van der Waals surface area contributed by atoms with Gasteiger partial charge in [0.2, 0.25) is 5.69 Å². The highest BCUT2D eigenvalue weighted by Crippen LogP contribution is 2.47. The highest BCUT2D eigenvalue weighted by molar-refractivity contribution is 6.33. The summed E-state index contributed by atoms with van der Waals surface area (Å²) in [5.41, 5.74) is 9.21. The minimum absolute atomic E-state index is 0.436. The van der Waals surface area contributed by atoms with Crippen molar-refractivity contribution in [2.24, 2.45) is 0 Å². The molecule has 0 aliphatic heterocycles. The second kappa shape index (κ2) is 11.1. The van der Waals surface area contributed by atoms with E-state index in [2.05, 4.69) is 135 Å². The molecular formula is C52H26N4O2. The van der Waals surface area contributed by atoms with Crippen LogP contribution in [-0.2, 0) is 0 Å². The number of hydrogen-bond acceptors (Lipinski definition) is 3. The van der Waals surface area contributed by atoms with Gasteiger partial charge >= 0.3 is 0 Å². The Kier molecular flexibility index (Phi) is 5.94. The van der Waals surface area contributed by atoms with Crippen molar-refractivity contribution in [3.05, 3.63) is 175 Å². The highest BCUT2D eigenvalue weighted by atomic mass is 16.3. The molecule has 58 heavy (non-hydrogen) atoms. The Morgan fingerprint density at radius 3 is 1.40 bits per heavy atom. The number of fused-ring (bicyclic) bond motifs is 18. The number of hydrogen-bond donors (Lipinski definition) is 0. The van der Waals surface area contributed by atoms with E-state index in [4.69, 9.17) is 15.4 Å². The average Bonchev–Trinajstić information content (AvgIpc) is 4.03. The molecule has 13 rings (SSSR count). The summed E-state index contributed by atoms with van der Waals surface area (Å²) in [7, 11) is 0. The molecule has 0 N–H and O–H groups in total. The number of nitriles is 1. The van der Waals surface area contributed by atoms with Crippen molar-refractivity contribution in [1.29, 1.82) is 5.26 Å². The smallest absolute Gasteiger partial charge is 0.212 e. The second-order valence-electron chi connectivity index (χ2n) is 15.0. The molecule has 9 aromatic carbocycles. The molecule has 4 heterocycles. The van der Waals surface area contributed by atoms with E-state index >= 15 is 0 Å². The van der Waals surface area contributed by atoms with E-state index in [0.29, 0.717) is 22.6 Å². The second-order valence-corrected chi connectivity index (χ2v) is 15.0. The summed E-state index contributed by atoms with van der Waals surface area (Å²) in [6.45, 7) is 8.63. The maximum Gasteiger partial charge on any atom is 0.212 e. The van der Waals surface area contributed by atoms with Crippen LogP contribution in [0.5, 0.6) is 0 Å². The van der Waals surface area contributed by atoms with Crippen molar-refractivity contribution in [2.75, 3.05) is 0 Å². The Bertz CT molecular complexity index is 3800. The van der Waals surface area contributed by atoms with Gasteiger partial charge in [0, 0.05) is 43.1 Å². The molecule has 6 nitrogen and oxygen atoms in total. The molecular weight excluding hydrogens is 713 g/mol. The van der Waals surface area contributed by atoms with Crippen molar-refractivity contribution in [3.8, 4) is 17.4 Å². The predicted molar refractivity (Wildman–Crippen MR) is 236 cm³/mol. The first-order chi connectivity index (χ1) is 28.7. The van der Waals surface area contributed by atoms with Crippen LogP contribution < -0.4 is 0 Å². The SMILES string of the molecule is [C-]#[N+]c1cc(-n2c3ccccc3c3c4c(ccc32)oc2ccc3ccccc3c24)c(C#N)cc1-n1c2ccccc2c2c3c(ccc21)oc1ccc2ccccc2c13. The van der Waals surface area contributed by atoms with Crippen LogP contribution in [-0.4, -0.2) is 9.13 Å². The molecule has 0 radical (unpaired) electrons. The third-order valence-electron chi connectivity index (χ3n) is 12.1. The van der Waals surface area contributed by atoms with Gasteiger partial charge in [-0.1, -0.05) is 97.1 Å². The Labute approximate surface area is 329 Å². The number of rotatable bonds is 2. The highest BCUT2D eigenvalue weighted by Gasteiger charge is 2.25. The summed E-state index contributed by atoms with van der Waals surface area (Å²) >= 11 is 0. The molecule has 0 fully saturated rings. The Hall–Kier alpha value is -8.32. The third-order valence-corrected chi connectivity index (χ3v) is 12.1. The molecule has 266 valence electrons. The van der Waals surface area contributed by atoms with Crippen LogP contribution in [0.15, 0.2) is 167 Å². The fraction of sp³-hybridized carbons (Fsp3) is 0. The lowest BCUT2D eigenvalue weighted by Gasteiger charge is -2.16. The normalized spacial score (nSPS) is 12.1. The zero-order chi connectivity index (χ0) is 38.2. The van der Waals surface area contributed by atoms with Crippen molar-refractivity contribution < 1.29 is 8.83 Å². The molecule has 6 heteroatoms. The standard InChI is InChI=1S/C52H26N4O2/c1-54-36-27-41(55-37-16-8-6-14-34(37)47-39(55)20-24-45-51(47)49-32-12-4-2-10-29(32)18-22-43(49)57-45)31(28-53)26-42(36)56-38-17-9-7-15-35(38)48-40(56)21-25-46-52(48)50-33-13-5-3-11-30(33)19-23-44(50)58-46/h2-27H. The van der Waals surface area contributed by atoms with Crippen LogP contribution in [0.3, 0.4) is 0 Å². The largest absolute Gasteiger partial charge is 0.456 e. The van der Waals surface area contributed by atoms with Crippen LogP contribution in [0.4, 0.5) is 5.69 Å². The van der Waals surface area contributed by atoms with E-state index in [9.17, 15) is 5.26 Å². The third kappa shape index (κ3) is 3.88. The maximum atomic E-state index is 11.0. The van der Waals surface area contributed by atoms with Gasteiger partial charge in [-0.25, -0.2) is 4.85 Å². The summed E-state index contributed by atoms with van der Waals surface area (Å²) in [5.74, 6) is 0. The lowest BCUT2D eigenvalue weighted by atomic mass is 10.0. The number of nitrogens with zero attached hydrogens (tertiary/aromatic N) is 4. The molecule has 4 aromatic heterocycles. The topological polar surface area (TPSA) is 64.3 Å². The molecule has 0 unspecified atom stereocenters. The monoisotopic (exact) mass is 738 g/mol. The van der Waals surface area contributed by atoms with Crippen molar-refractivity contribution in [1.82, 2.24) is 9.13 Å². The lowest BCUT2D eigenvalue weighted by Crippen LogP contribution is -2.01. The van der Waals surface area contributed by atoms with Gasteiger partial charge in [0.25, 0.3) is 0 Å². The minimum atomic E-state index is 0.436. The van der Waals surface area contributed by atoms with Gasteiger partial charge in [-0.3, -0.25) is 0 Å². The van der Waals surface area contributed by atoms with Gasteiger partial charge in [0.15, 0.2) is 0 Å². The van der Waals surface area contributed by atoms with Crippen LogP contribution in [0, 0.1) is 17.9 Å². The van der Waals surface area contributed by atoms with E-state index in [0.717, 1.165) is 109 Å².